The summed E-state index contributed by atoms with van der Waals surface area (Å²) < 4.78 is 18.2. The third-order valence-electron chi connectivity index (χ3n) is 3.76. The summed E-state index contributed by atoms with van der Waals surface area (Å²) in [6.45, 7) is 3.81. The first kappa shape index (κ1) is 16.6. The van der Waals surface area contributed by atoms with Crippen molar-refractivity contribution >= 4 is 11.8 Å². The van der Waals surface area contributed by atoms with Crippen LogP contribution in [0.4, 0.5) is 4.39 Å². The first-order valence-corrected chi connectivity index (χ1v) is 6.23. The van der Waals surface area contributed by atoms with Crippen molar-refractivity contribution in [2.45, 2.75) is 31.7 Å². The fourth-order valence-corrected chi connectivity index (χ4v) is 2.61. The van der Waals surface area contributed by atoms with Crippen LogP contribution in [-0.2, 0) is 14.9 Å². The van der Waals surface area contributed by atoms with E-state index in [-0.39, 0.29) is 30.6 Å². The molecule has 20 heavy (non-hydrogen) atoms. The highest BCUT2D eigenvalue weighted by Crippen LogP contribution is 2.40. The van der Waals surface area contributed by atoms with Gasteiger partial charge in [-0.05, 0) is 31.5 Å². The van der Waals surface area contributed by atoms with Crippen LogP contribution in [0.2, 0.25) is 0 Å². The molecule has 2 rings (SSSR count). The molecule has 0 aromatic heterocycles. The number of Topliss-reactive ketones (excluding diaryl/α,β-unsaturated/α-hetero) is 1. The molecule has 0 amide bonds. The number of fused-ring (bicyclic) bond motifs is 1. The fraction of sp³-hybridized carbons (Fsp3) is 0.429. The van der Waals surface area contributed by atoms with Crippen molar-refractivity contribution in [1.82, 2.24) is 0 Å². The van der Waals surface area contributed by atoms with Crippen LogP contribution in [0.5, 0.6) is 0 Å². The Bertz CT molecular complexity index is 549. The number of carbonyl (C=O) groups excluding carboxylic acids is 2. The minimum Gasteiger partial charge on any atom is -1.00 e. The van der Waals surface area contributed by atoms with Crippen LogP contribution in [0.1, 0.15) is 36.2 Å². The minimum absolute atomic E-state index is 0. The normalized spacial score (nSPS) is 24.0. The largest absolute Gasteiger partial charge is 1.00 e. The highest BCUT2D eigenvalue weighted by atomic mass is 35.5. The van der Waals surface area contributed by atoms with Gasteiger partial charge in [-0.3, -0.25) is 9.59 Å². The molecule has 0 fully saturated rings. The molecule has 0 bridgehead atoms. The summed E-state index contributed by atoms with van der Waals surface area (Å²) in [4.78, 5) is 23.8. The van der Waals surface area contributed by atoms with Gasteiger partial charge < -0.3 is 22.9 Å². The first-order valence-electron chi connectivity index (χ1n) is 6.23. The summed E-state index contributed by atoms with van der Waals surface area (Å²) in [5.74, 6) is -1.05. The minimum atomic E-state index is -0.730. The maximum atomic E-state index is 13.2. The topological polar surface area (TPSA) is 71.0 Å². The van der Waals surface area contributed by atoms with E-state index in [0.717, 1.165) is 0 Å². The molecule has 110 valence electrons. The fourth-order valence-electron chi connectivity index (χ4n) is 2.61. The van der Waals surface area contributed by atoms with Crippen LogP contribution in [0.25, 0.3) is 0 Å². The lowest BCUT2D eigenvalue weighted by atomic mass is 9.78. The van der Waals surface area contributed by atoms with Gasteiger partial charge in [0.1, 0.15) is 5.82 Å². The van der Waals surface area contributed by atoms with Gasteiger partial charge in [-0.1, -0.05) is 6.07 Å². The average Bonchev–Trinajstić information content (AvgIpc) is 2.52. The van der Waals surface area contributed by atoms with Gasteiger partial charge in [0.2, 0.25) is 5.78 Å². The maximum Gasteiger partial charge on any atom is 0.306 e. The van der Waals surface area contributed by atoms with Gasteiger partial charge in [0, 0.05) is 5.56 Å². The summed E-state index contributed by atoms with van der Waals surface area (Å²) in [5.41, 5.74) is 4.12. The Labute approximate surface area is 122 Å². The lowest BCUT2D eigenvalue weighted by Gasteiger charge is -2.25. The number of halogens is 2. The molecular weight excluding hydrogens is 285 g/mol. The van der Waals surface area contributed by atoms with Gasteiger partial charge >= 0.3 is 5.97 Å². The molecule has 0 radical (unpaired) electrons. The predicted octanol–water partition coefficient (Wildman–Crippen LogP) is -2.15. The average molecular weight is 302 g/mol. The summed E-state index contributed by atoms with van der Waals surface area (Å²) >= 11 is 0. The second kappa shape index (κ2) is 5.89. The van der Waals surface area contributed by atoms with Crippen molar-refractivity contribution in [1.29, 1.82) is 0 Å². The van der Waals surface area contributed by atoms with E-state index in [9.17, 15) is 14.0 Å². The Kier molecular flexibility index (Phi) is 4.89. The van der Waals surface area contributed by atoms with E-state index < -0.39 is 17.3 Å². The summed E-state index contributed by atoms with van der Waals surface area (Å²) in [6.07, 6.45) is 0.0688. The zero-order valence-corrected chi connectivity index (χ0v) is 12.2. The molecule has 1 aliphatic rings. The molecular formula is C14H17ClFNO3. The van der Waals surface area contributed by atoms with Crippen LogP contribution in [0.3, 0.4) is 0 Å². The first-order chi connectivity index (χ1) is 8.90. The second-order valence-electron chi connectivity index (χ2n) is 5.01. The standard InChI is InChI=1S/C14H16FNO3.ClH/c1-3-19-11(17)7-14(2)10-5-4-8(15)6-9(10)12(18)13(14)16;/h4-6,13H,3,7,16H2,1-2H3;1H. The lowest BCUT2D eigenvalue weighted by Crippen LogP contribution is -3.00. The van der Waals surface area contributed by atoms with Gasteiger partial charge in [-0.25, -0.2) is 4.39 Å². The van der Waals surface area contributed by atoms with Gasteiger partial charge in [-0.15, -0.1) is 0 Å². The molecule has 1 aliphatic carbocycles. The van der Waals surface area contributed by atoms with Gasteiger partial charge in [0.15, 0.2) is 6.04 Å². The van der Waals surface area contributed by atoms with Crippen LogP contribution in [0.15, 0.2) is 18.2 Å². The number of rotatable bonds is 3. The molecule has 3 N–H and O–H groups in total. The second-order valence-corrected chi connectivity index (χ2v) is 5.01. The monoisotopic (exact) mass is 301 g/mol. The van der Waals surface area contributed by atoms with E-state index in [1.54, 1.807) is 19.9 Å². The van der Waals surface area contributed by atoms with Gasteiger partial charge in [0.05, 0.1) is 18.4 Å². The molecule has 2 unspecified atom stereocenters. The molecule has 2 atom stereocenters. The van der Waals surface area contributed by atoms with Crippen molar-refractivity contribution in [3.8, 4) is 0 Å². The Morgan fingerprint density at radius 3 is 2.75 bits per heavy atom. The van der Waals surface area contributed by atoms with Gasteiger partial charge in [0.25, 0.3) is 0 Å². The number of ether oxygens (including phenoxy) is 1. The summed E-state index contributed by atoms with van der Waals surface area (Å²) in [5, 5.41) is 0. The van der Waals surface area contributed by atoms with E-state index >= 15 is 0 Å². The molecule has 1 aromatic carbocycles. The third-order valence-corrected chi connectivity index (χ3v) is 3.76. The van der Waals surface area contributed by atoms with Crippen molar-refractivity contribution < 1.29 is 36.9 Å². The number of ketones is 1. The van der Waals surface area contributed by atoms with E-state index in [1.807, 2.05) is 0 Å². The van der Waals surface area contributed by atoms with Crippen molar-refractivity contribution in [2.24, 2.45) is 0 Å². The zero-order chi connectivity index (χ0) is 14.2. The molecule has 0 heterocycles. The number of quaternary nitrogens is 1. The van der Waals surface area contributed by atoms with Crippen LogP contribution < -0.4 is 18.1 Å². The van der Waals surface area contributed by atoms with Crippen LogP contribution in [0, 0.1) is 5.82 Å². The van der Waals surface area contributed by atoms with Crippen molar-refractivity contribution in [3.63, 3.8) is 0 Å². The number of hydrogen-bond donors (Lipinski definition) is 1. The Balaban J connectivity index is 0.00000200. The Morgan fingerprint density at radius 1 is 1.50 bits per heavy atom. The van der Waals surface area contributed by atoms with E-state index in [2.05, 4.69) is 5.73 Å². The molecule has 0 saturated carbocycles. The van der Waals surface area contributed by atoms with E-state index in [4.69, 9.17) is 4.74 Å². The Hall–Kier alpha value is -1.46. The van der Waals surface area contributed by atoms with Gasteiger partial charge in [-0.2, -0.15) is 0 Å². The highest BCUT2D eigenvalue weighted by molar-refractivity contribution is 6.06. The van der Waals surface area contributed by atoms with Crippen LogP contribution in [-0.4, -0.2) is 24.4 Å². The maximum absolute atomic E-state index is 13.2. The molecule has 1 aromatic rings. The molecule has 4 nitrogen and oxygen atoms in total. The van der Waals surface area contributed by atoms with Crippen molar-refractivity contribution in [3.05, 3.63) is 35.1 Å². The van der Waals surface area contributed by atoms with Crippen LogP contribution >= 0.6 is 0 Å². The lowest BCUT2D eigenvalue weighted by molar-refractivity contribution is -0.412. The van der Waals surface area contributed by atoms with Crippen molar-refractivity contribution in [2.75, 3.05) is 6.61 Å². The summed E-state index contributed by atoms with van der Waals surface area (Å²) in [6, 6.07) is 3.47. The molecule has 6 heteroatoms. The SMILES string of the molecule is CCOC(=O)CC1(C)c2ccc(F)cc2C(=O)C1[NH3+].[Cl-]. The zero-order valence-electron chi connectivity index (χ0n) is 11.4. The van der Waals surface area contributed by atoms with E-state index in [0.29, 0.717) is 17.7 Å². The number of hydrogen-bond acceptors (Lipinski definition) is 3. The number of benzene rings is 1. The third kappa shape index (κ3) is 2.55. The molecule has 0 saturated heterocycles. The molecule has 0 spiro atoms. The smallest absolute Gasteiger partial charge is 0.306 e. The highest BCUT2D eigenvalue weighted by Gasteiger charge is 2.51. The van der Waals surface area contributed by atoms with E-state index in [1.165, 1.54) is 12.1 Å². The molecule has 0 aliphatic heterocycles. The Morgan fingerprint density at radius 2 is 2.15 bits per heavy atom. The quantitative estimate of drug-likeness (QED) is 0.647. The predicted molar refractivity (Wildman–Crippen MR) is 66.0 cm³/mol. The number of carbonyl (C=O) groups is 2. The summed E-state index contributed by atoms with van der Waals surface area (Å²) in [7, 11) is 0. The number of esters is 1.